The molecule has 0 saturated heterocycles. The first-order valence-corrected chi connectivity index (χ1v) is 8.94. The molecule has 0 radical (unpaired) electrons. The number of nitrogens with two attached hydrogens (primary N) is 2. The average Bonchev–Trinajstić information content (AvgIpc) is 3.16. The first-order valence-electron chi connectivity index (χ1n) is 7.45. The molecule has 1 fully saturated rings. The second kappa shape index (κ2) is 6.90. The van der Waals surface area contributed by atoms with Gasteiger partial charge in [-0.1, -0.05) is 5.16 Å². The highest BCUT2D eigenvalue weighted by Gasteiger charge is 2.60. The van der Waals surface area contributed by atoms with Gasteiger partial charge in [-0.2, -0.15) is 0 Å². The zero-order valence-corrected chi connectivity index (χ0v) is 15.7. The van der Waals surface area contributed by atoms with Crippen molar-refractivity contribution in [2.24, 2.45) is 11.5 Å². The van der Waals surface area contributed by atoms with Gasteiger partial charge in [0, 0.05) is 0 Å². The van der Waals surface area contributed by atoms with Gasteiger partial charge in [0.25, 0.3) is 0 Å². The molecule has 5 N–H and O–H groups in total. The molecule has 0 atom stereocenters. The van der Waals surface area contributed by atoms with Gasteiger partial charge in [-0.15, -0.1) is 0 Å². The van der Waals surface area contributed by atoms with Crippen LogP contribution in [0.2, 0.25) is 0 Å². The van der Waals surface area contributed by atoms with Crippen LogP contribution in [0, 0.1) is 13.8 Å². The second-order valence-electron chi connectivity index (χ2n) is 6.70. The molecule has 0 aliphatic heterocycles. The van der Waals surface area contributed by atoms with E-state index in [-0.39, 0.29) is 18.5 Å². The van der Waals surface area contributed by atoms with Crippen LogP contribution >= 0.6 is 0 Å². The first-order chi connectivity index (χ1) is 11.2. The van der Waals surface area contributed by atoms with Crippen molar-refractivity contribution in [1.82, 2.24) is 5.16 Å². The van der Waals surface area contributed by atoms with Crippen LogP contribution in [0.15, 0.2) is 4.52 Å². The van der Waals surface area contributed by atoms with Crippen molar-refractivity contribution < 1.29 is 27.3 Å². The van der Waals surface area contributed by atoms with Crippen molar-refractivity contribution in [2.75, 3.05) is 4.72 Å². The van der Waals surface area contributed by atoms with Gasteiger partial charge in [-0.3, -0.25) is 9.52 Å². The molecule has 25 heavy (non-hydrogen) atoms. The Kier molecular flexibility index (Phi) is 5.73. The van der Waals surface area contributed by atoms with Crippen LogP contribution in [-0.2, 0) is 19.6 Å². The lowest BCUT2D eigenvalue weighted by molar-refractivity contribution is -0.118. The molecule has 0 spiro atoms. The summed E-state index contributed by atoms with van der Waals surface area (Å²) in [6.07, 6.45) is -0.222. The summed E-state index contributed by atoms with van der Waals surface area (Å²) in [5.74, 6) is -0.469. The van der Waals surface area contributed by atoms with Crippen LogP contribution in [0.4, 0.5) is 10.5 Å². The highest BCUT2D eigenvalue weighted by atomic mass is 32.2. The molecule has 142 valence electrons. The summed E-state index contributed by atoms with van der Waals surface area (Å²) in [7, 11) is -3.84. The molecule has 1 aromatic heterocycles. The van der Waals surface area contributed by atoms with E-state index in [2.05, 4.69) is 14.6 Å². The number of carbonyl (C=O) groups is 2. The molecule has 11 heteroatoms. The van der Waals surface area contributed by atoms with Crippen molar-refractivity contribution in [3.63, 3.8) is 0 Å². The summed E-state index contributed by atoms with van der Waals surface area (Å²) in [4.78, 5) is 21.2. The fourth-order valence-electron chi connectivity index (χ4n) is 1.92. The molecule has 0 aromatic carbocycles. The number of aromatic nitrogens is 1. The molecular formula is C14H24N4O6S. The standard InChI is InChI=1S/C9H13N3O4S.C5H11NO2/c1-5-7(6(2)16-11-5)12-17(14,15)9(3-4-9)8(10)13;1-5(2,3)8-4(6)7/h12H,3-4H2,1-2H3,(H2,10,13);1-3H3,(H2,6,7). The summed E-state index contributed by atoms with van der Waals surface area (Å²) in [5.41, 5.74) is 10.1. The minimum absolute atomic E-state index is 0.251. The van der Waals surface area contributed by atoms with Crippen molar-refractivity contribution in [3.8, 4) is 0 Å². The average molecular weight is 376 g/mol. The summed E-state index contributed by atoms with van der Waals surface area (Å²) < 4.78 is 34.4. The highest BCUT2D eigenvalue weighted by molar-refractivity contribution is 7.95. The van der Waals surface area contributed by atoms with E-state index in [1.54, 1.807) is 34.6 Å². The fourth-order valence-corrected chi connectivity index (χ4v) is 3.58. The lowest BCUT2D eigenvalue weighted by atomic mass is 10.2. The quantitative estimate of drug-likeness (QED) is 0.702. The SMILES string of the molecule is CC(C)(C)OC(N)=O.Cc1noc(C)c1NS(=O)(=O)C1(C(N)=O)CC1. The lowest BCUT2D eigenvalue weighted by Gasteiger charge is -2.16. The molecule has 0 unspecified atom stereocenters. The number of hydrogen-bond donors (Lipinski definition) is 3. The number of sulfonamides is 1. The van der Waals surface area contributed by atoms with E-state index >= 15 is 0 Å². The maximum Gasteiger partial charge on any atom is 0.405 e. The van der Waals surface area contributed by atoms with Gasteiger partial charge in [-0.05, 0) is 47.5 Å². The molecule has 1 aliphatic carbocycles. The maximum atomic E-state index is 12.0. The number of ether oxygens (including phenoxy) is 1. The monoisotopic (exact) mass is 376 g/mol. The first kappa shape index (κ1) is 20.7. The number of nitrogens with zero attached hydrogens (tertiary/aromatic N) is 1. The fraction of sp³-hybridized carbons (Fsp3) is 0.643. The molecule has 2 rings (SSSR count). The van der Waals surface area contributed by atoms with E-state index < -0.39 is 32.4 Å². The minimum Gasteiger partial charge on any atom is -0.444 e. The van der Waals surface area contributed by atoms with E-state index in [0.717, 1.165) is 0 Å². The molecule has 0 bridgehead atoms. The number of anilines is 1. The Morgan fingerprint density at radius 3 is 2.00 bits per heavy atom. The number of aryl methyl sites for hydroxylation is 2. The van der Waals surface area contributed by atoms with E-state index in [0.29, 0.717) is 11.5 Å². The maximum absolute atomic E-state index is 12.0. The van der Waals surface area contributed by atoms with E-state index in [9.17, 15) is 18.0 Å². The number of amides is 2. The Hall–Kier alpha value is -2.30. The normalized spacial score (nSPS) is 15.6. The number of rotatable bonds is 4. The van der Waals surface area contributed by atoms with E-state index in [4.69, 9.17) is 16.0 Å². The molecule has 1 aliphatic rings. The van der Waals surface area contributed by atoms with Gasteiger partial charge >= 0.3 is 6.09 Å². The van der Waals surface area contributed by atoms with Gasteiger partial charge in [0.1, 0.15) is 17.0 Å². The number of hydrogen-bond acceptors (Lipinski definition) is 7. The van der Waals surface area contributed by atoms with Crippen LogP contribution in [0.1, 0.15) is 45.1 Å². The summed E-state index contributed by atoms with van der Waals surface area (Å²) >= 11 is 0. The number of nitrogens with one attached hydrogen (secondary N) is 1. The third kappa shape index (κ3) is 5.08. The molecule has 2 amide bonds. The Balaban J connectivity index is 0.000000333. The molecule has 1 aromatic rings. The van der Waals surface area contributed by atoms with Crippen LogP contribution in [0.5, 0.6) is 0 Å². The van der Waals surface area contributed by atoms with Gasteiger partial charge in [0.05, 0.1) is 0 Å². The van der Waals surface area contributed by atoms with Gasteiger partial charge in [0.15, 0.2) is 10.5 Å². The van der Waals surface area contributed by atoms with Crippen LogP contribution in [0.3, 0.4) is 0 Å². The molecule has 1 heterocycles. The Labute approximate surface area is 146 Å². The van der Waals surface area contributed by atoms with Gasteiger partial charge < -0.3 is 20.7 Å². The largest absolute Gasteiger partial charge is 0.444 e. The molecule has 1 saturated carbocycles. The van der Waals surface area contributed by atoms with Gasteiger partial charge in [0.2, 0.25) is 15.9 Å². The number of carbonyl (C=O) groups excluding carboxylic acids is 2. The zero-order chi connectivity index (χ0) is 19.6. The predicted octanol–water partition coefficient (Wildman–Crippen LogP) is 0.931. The Bertz CT molecular complexity index is 739. The topological polar surface area (TPSA) is 168 Å². The Morgan fingerprint density at radius 2 is 1.76 bits per heavy atom. The lowest BCUT2D eigenvalue weighted by Crippen LogP contribution is -2.41. The third-order valence-electron chi connectivity index (χ3n) is 3.34. The highest BCUT2D eigenvalue weighted by Crippen LogP contribution is 2.44. The van der Waals surface area contributed by atoms with Crippen molar-refractivity contribution in [1.29, 1.82) is 0 Å². The smallest absolute Gasteiger partial charge is 0.405 e. The van der Waals surface area contributed by atoms with Crippen molar-refractivity contribution in [2.45, 2.75) is 57.8 Å². The second-order valence-corrected chi connectivity index (χ2v) is 8.69. The third-order valence-corrected chi connectivity index (χ3v) is 5.46. The van der Waals surface area contributed by atoms with Crippen LogP contribution in [-0.4, -0.2) is 35.9 Å². The minimum atomic E-state index is -3.84. The Morgan fingerprint density at radius 1 is 1.24 bits per heavy atom. The van der Waals surface area contributed by atoms with Crippen LogP contribution in [0.25, 0.3) is 0 Å². The predicted molar refractivity (Wildman–Crippen MR) is 90.1 cm³/mol. The van der Waals surface area contributed by atoms with E-state index in [1.807, 2.05) is 0 Å². The summed E-state index contributed by atoms with van der Waals surface area (Å²) in [6, 6.07) is 0. The molecular weight excluding hydrogens is 352 g/mol. The summed E-state index contributed by atoms with van der Waals surface area (Å²) in [6.45, 7) is 8.48. The van der Waals surface area contributed by atoms with Crippen LogP contribution < -0.4 is 16.2 Å². The van der Waals surface area contributed by atoms with E-state index in [1.165, 1.54) is 0 Å². The summed E-state index contributed by atoms with van der Waals surface area (Å²) in [5, 5.41) is 3.63. The van der Waals surface area contributed by atoms with Crippen molar-refractivity contribution >= 4 is 27.7 Å². The number of primary amides is 2. The molecule has 10 nitrogen and oxygen atoms in total. The van der Waals surface area contributed by atoms with Crippen molar-refractivity contribution in [3.05, 3.63) is 11.5 Å². The zero-order valence-electron chi connectivity index (χ0n) is 14.9. The van der Waals surface area contributed by atoms with Gasteiger partial charge in [-0.25, -0.2) is 13.2 Å².